The number of aliphatic hydroxyl groups is 1. The molecule has 0 bridgehead atoms. The zero-order valence-electron chi connectivity index (χ0n) is 14.5. The standard InChI is InChI=1S/C19H28N2O2/c1-15(2)12-20(4)14-19(23)9-6-10-21(18(19)22)13-17-8-5-7-16(3)11-17/h5,7-8,11,23H,1,6,9-10,12-14H2,2-4H3/t19-/m0/s1. The largest absolute Gasteiger partial charge is 0.379 e. The van der Waals surface area contributed by atoms with Gasteiger partial charge in [-0.25, -0.2) is 0 Å². The Labute approximate surface area is 139 Å². The minimum Gasteiger partial charge on any atom is -0.379 e. The van der Waals surface area contributed by atoms with Gasteiger partial charge in [0, 0.05) is 26.2 Å². The van der Waals surface area contributed by atoms with Gasteiger partial charge in [0.2, 0.25) is 0 Å². The normalized spacial score (nSPS) is 21.8. The van der Waals surface area contributed by atoms with Crippen LogP contribution in [-0.2, 0) is 11.3 Å². The number of piperidine rings is 1. The molecule has 0 saturated carbocycles. The number of nitrogens with zero attached hydrogens (tertiary/aromatic N) is 2. The average molecular weight is 316 g/mol. The highest BCUT2D eigenvalue weighted by atomic mass is 16.3. The number of carbonyl (C=O) groups excluding carboxylic acids is 1. The molecule has 1 amide bonds. The van der Waals surface area contributed by atoms with Gasteiger partial charge < -0.3 is 10.0 Å². The summed E-state index contributed by atoms with van der Waals surface area (Å²) in [5.74, 6) is -0.154. The molecule has 0 unspecified atom stereocenters. The predicted molar refractivity (Wildman–Crippen MR) is 93.1 cm³/mol. The molecular formula is C19H28N2O2. The first-order valence-corrected chi connectivity index (χ1v) is 8.20. The van der Waals surface area contributed by atoms with Crippen LogP contribution in [0.15, 0.2) is 36.4 Å². The molecule has 1 aromatic carbocycles. The maximum absolute atomic E-state index is 12.8. The van der Waals surface area contributed by atoms with Gasteiger partial charge in [-0.3, -0.25) is 9.69 Å². The Morgan fingerprint density at radius 1 is 1.48 bits per heavy atom. The van der Waals surface area contributed by atoms with Crippen LogP contribution in [0, 0.1) is 6.92 Å². The van der Waals surface area contributed by atoms with E-state index in [1.165, 1.54) is 5.56 Å². The SMILES string of the molecule is C=C(C)CN(C)C[C@@]1(O)CCCN(Cc2cccc(C)c2)C1=O. The van der Waals surface area contributed by atoms with Gasteiger partial charge in [0.15, 0.2) is 5.60 Å². The lowest BCUT2D eigenvalue weighted by Crippen LogP contribution is -2.58. The Balaban J connectivity index is 2.06. The van der Waals surface area contributed by atoms with Crippen LogP contribution in [0.25, 0.3) is 0 Å². The number of rotatable bonds is 6. The Bertz CT molecular complexity index is 584. The Morgan fingerprint density at radius 2 is 2.22 bits per heavy atom. The minimum atomic E-state index is -1.29. The third-order valence-corrected chi connectivity index (χ3v) is 4.23. The van der Waals surface area contributed by atoms with Crippen LogP contribution in [0.3, 0.4) is 0 Å². The summed E-state index contributed by atoms with van der Waals surface area (Å²) in [6.07, 6.45) is 1.35. The lowest BCUT2D eigenvalue weighted by molar-refractivity contribution is -0.159. The molecule has 1 aromatic rings. The Hall–Kier alpha value is -1.65. The molecule has 4 nitrogen and oxygen atoms in total. The fourth-order valence-corrected chi connectivity index (χ4v) is 3.36. The highest BCUT2D eigenvalue weighted by Gasteiger charge is 2.42. The molecule has 1 aliphatic rings. The summed E-state index contributed by atoms with van der Waals surface area (Å²) in [5.41, 5.74) is 2.03. The highest BCUT2D eigenvalue weighted by molar-refractivity contribution is 5.86. The van der Waals surface area contributed by atoms with E-state index in [0.717, 1.165) is 17.6 Å². The van der Waals surface area contributed by atoms with Crippen molar-refractivity contribution >= 4 is 5.91 Å². The van der Waals surface area contributed by atoms with E-state index in [2.05, 4.69) is 12.6 Å². The van der Waals surface area contributed by atoms with Crippen molar-refractivity contribution in [3.05, 3.63) is 47.5 Å². The van der Waals surface area contributed by atoms with E-state index in [0.29, 0.717) is 32.6 Å². The molecule has 1 atom stereocenters. The van der Waals surface area contributed by atoms with E-state index in [-0.39, 0.29) is 5.91 Å². The maximum Gasteiger partial charge on any atom is 0.256 e. The second-order valence-electron chi connectivity index (χ2n) is 6.98. The van der Waals surface area contributed by atoms with Crippen molar-refractivity contribution in [2.45, 2.75) is 38.8 Å². The van der Waals surface area contributed by atoms with Gasteiger partial charge >= 0.3 is 0 Å². The second kappa shape index (κ2) is 7.28. The van der Waals surface area contributed by atoms with Crippen LogP contribution in [0.4, 0.5) is 0 Å². The van der Waals surface area contributed by atoms with Gasteiger partial charge in [0.25, 0.3) is 5.91 Å². The number of benzene rings is 1. The first kappa shape index (κ1) is 17.7. The molecule has 2 rings (SSSR count). The molecule has 1 N–H and O–H groups in total. The predicted octanol–water partition coefficient (Wildman–Crippen LogP) is 2.36. The molecule has 23 heavy (non-hydrogen) atoms. The molecule has 0 aromatic heterocycles. The third kappa shape index (κ3) is 4.66. The lowest BCUT2D eigenvalue weighted by Gasteiger charge is -2.40. The van der Waals surface area contributed by atoms with Crippen molar-refractivity contribution in [1.29, 1.82) is 0 Å². The number of hydrogen-bond acceptors (Lipinski definition) is 3. The molecule has 4 heteroatoms. The van der Waals surface area contributed by atoms with Crippen molar-refractivity contribution in [2.24, 2.45) is 0 Å². The molecular weight excluding hydrogens is 288 g/mol. The Kier molecular flexibility index (Phi) is 5.60. The summed E-state index contributed by atoms with van der Waals surface area (Å²) in [7, 11) is 1.92. The first-order valence-electron chi connectivity index (χ1n) is 8.20. The third-order valence-electron chi connectivity index (χ3n) is 4.23. The molecule has 126 valence electrons. The quantitative estimate of drug-likeness (QED) is 0.819. The summed E-state index contributed by atoms with van der Waals surface area (Å²) in [6, 6.07) is 8.17. The monoisotopic (exact) mass is 316 g/mol. The van der Waals surface area contributed by atoms with Gasteiger partial charge in [-0.15, -0.1) is 0 Å². The van der Waals surface area contributed by atoms with Crippen LogP contribution in [-0.4, -0.2) is 53.1 Å². The van der Waals surface area contributed by atoms with Crippen molar-refractivity contribution in [3.63, 3.8) is 0 Å². The van der Waals surface area contributed by atoms with Gasteiger partial charge in [-0.05, 0) is 39.3 Å². The molecule has 1 aliphatic heterocycles. The summed E-state index contributed by atoms with van der Waals surface area (Å²) >= 11 is 0. The van der Waals surface area contributed by atoms with Crippen molar-refractivity contribution in [1.82, 2.24) is 9.80 Å². The van der Waals surface area contributed by atoms with E-state index in [4.69, 9.17) is 0 Å². The summed E-state index contributed by atoms with van der Waals surface area (Å²) in [6.45, 7) is 10.2. The summed E-state index contributed by atoms with van der Waals surface area (Å²) in [4.78, 5) is 16.5. The van der Waals surface area contributed by atoms with E-state index in [9.17, 15) is 9.90 Å². The zero-order chi connectivity index (χ0) is 17.0. The number of hydrogen-bond donors (Lipinski definition) is 1. The van der Waals surface area contributed by atoms with Gasteiger partial charge in [0.05, 0.1) is 0 Å². The van der Waals surface area contributed by atoms with Crippen LogP contribution in [0.1, 0.15) is 30.9 Å². The van der Waals surface area contributed by atoms with Gasteiger partial charge in [0.1, 0.15) is 0 Å². The molecule has 1 fully saturated rings. The maximum atomic E-state index is 12.8. The van der Waals surface area contributed by atoms with Crippen molar-refractivity contribution in [2.75, 3.05) is 26.7 Å². The fourth-order valence-electron chi connectivity index (χ4n) is 3.36. The number of likely N-dealkylation sites (N-methyl/N-ethyl adjacent to an activating group) is 1. The lowest BCUT2D eigenvalue weighted by atomic mass is 9.90. The number of carbonyl (C=O) groups is 1. The first-order chi connectivity index (χ1) is 10.8. The zero-order valence-corrected chi connectivity index (χ0v) is 14.5. The average Bonchev–Trinajstić information content (AvgIpc) is 2.43. The topological polar surface area (TPSA) is 43.8 Å². The number of likely N-dealkylation sites (tertiary alicyclic amines) is 1. The molecule has 1 heterocycles. The fraction of sp³-hybridized carbons (Fsp3) is 0.526. The summed E-state index contributed by atoms with van der Waals surface area (Å²) < 4.78 is 0. The van der Waals surface area contributed by atoms with Gasteiger partial charge in [-0.2, -0.15) is 0 Å². The van der Waals surface area contributed by atoms with E-state index in [1.807, 2.05) is 44.0 Å². The highest BCUT2D eigenvalue weighted by Crippen LogP contribution is 2.25. The van der Waals surface area contributed by atoms with Crippen LogP contribution < -0.4 is 0 Å². The van der Waals surface area contributed by atoms with E-state index in [1.54, 1.807) is 4.90 Å². The smallest absolute Gasteiger partial charge is 0.256 e. The Morgan fingerprint density at radius 3 is 2.87 bits per heavy atom. The number of amides is 1. The van der Waals surface area contributed by atoms with Crippen molar-refractivity contribution in [3.8, 4) is 0 Å². The van der Waals surface area contributed by atoms with Crippen LogP contribution in [0.5, 0.6) is 0 Å². The molecule has 0 radical (unpaired) electrons. The number of aryl methyl sites for hydroxylation is 1. The van der Waals surface area contributed by atoms with E-state index >= 15 is 0 Å². The van der Waals surface area contributed by atoms with Gasteiger partial charge in [-0.1, -0.05) is 42.0 Å². The minimum absolute atomic E-state index is 0.154. The molecule has 1 saturated heterocycles. The molecule has 0 aliphatic carbocycles. The molecule has 0 spiro atoms. The van der Waals surface area contributed by atoms with Crippen LogP contribution >= 0.6 is 0 Å². The van der Waals surface area contributed by atoms with Crippen LogP contribution in [0.2, 0.25) is 0 Å². The van der Waals surface area contributed by atoms with E-state index < -0.39 is 5.60 Å². The second-order valence-corrected chi connectivity index (χ2v) is 6.98. The summed E-state index contributed by atoms with van der Waals surface area (Å²) in [5, 5.41) is 10.9. The van der Waals surface area contributed by atoms with Crippen molar-refractivity contribution < 1.29 is 9.90 Å².